The average Bonchev–Trinajstić information content (AvgIpc) is 2.34. The van der Waals surface area contributed by atoms with E-state index in [9.17, 15) is 30.1 Å². The molecule has 6 N–H and O–H groups in total. The van der Waals surface area contributed by atoms with Crippen molar-refractivity contribution >= 4 is 7.82 Å². The normalized spacial score (nSPS) is 44.6. The Morgan fingerprint density at radius 2 is 1.33 bits per heavy atom. The third-order valence-corrected chi connectivity index (χ3v) is 3.87. The van der Waals surface area contributed by atoms with Crippen molar-refractivity contribution in [3.8, 4) is 0 Å². The molecule has 1 aliphatic carbocycles. The fourth-order valence-electron chi connectivity index (χ4n) is 1.74. The van der Waals surface area contributed by atoms with Crippen LogP contribution in [0.5, 0.6) is 0 Å². The Morgan fingerprint density at radius 3 is 1.72 bits per heavy atom. The Bertz CT molecular complexity index is 308. The molecule has 0 aromatic heterocycles. The number of hydrogen-bond acceptors (Lipinski definition) is 8. The van der Waals surface area contributed by atoms with Gasteiger partial charge in [0.25, 0.3) is 0 Å². The molecule has 18 heavy (non-hydrogen) atoms. The smallest absolute Gasteiger partial charge is 0.390 e. The molecule has 0 aromatic rings. The Morgan fingerprint density at radius 1 is 0.944 bits per heavy atom. The Labute approximate surface area is 103 Å². The summed E-state index contributed by atoms with van der Waals surface area (Å²) in [5.41, 5.74) is 0. The van der Waals surface area contributed by atoms with E-state index in [0.29, 0.717) is 0 Å². The van der Waals surface area contributed by atoms with Gasteiger partial charge in [-0.3, -0.25) is 9.05 Å². The first-order valence-electron chi connectivity index (χ1n) is 5.14. The first-order chi connectivity index (χ1) is 8.21. The molecule has 1 aliphatic rings. The lowest BCUT2D eigenvalue weighted by atomic mass is 9.79. The van der Waals surface area contributed by atoms with E-state index in [-0.39, 0.29) is 0 Å². The molecule has 1 saturated carbocycles. The molecule has 0 bridgehead atoms. The minimum Gasteiger partial charge on any atom is -0.390 e. The van der Waals surface area contributed by atoms with E-state index >= 15 is 0 Å². The molecule has 0 aromatic carbocycles. The maximum atomic E-state index is 11.0. The van der Waals surface area contributed by atoms with Crippen LogP contribution in [0.1, 0.15) is 0 Å². The highest BCUT2D eigenvalue weighted by molar-refractivity contribution is 7.47. The predicted octanol–water partition coefficient (Wildman–Crippen LogP) is -2.82. The van der Waals surface area contributed by atoms with Crippen molar-refractivity contribution in [2.24, 2.45) is 5.92 Å². The number of hydrogen-bond donors (Lipinski definition) is 6. The number of aliphatic hydroxyl groups is 5. The summed E-state index contributed by atoms with van der Waals surface area (Å²) in [5, 5.41) is 47.3. The van der Waals surface area contributed by atoms with Gasteiger partial charge in [-0.1, -0.05) is 0 Å². The first kappa shape index (κ1) is 16.0. The van der Waals surface area contributed by atoms with E-state index in [1.165, 1.54) is 0 Å². The van der Waals surface area contributed by atoms with Crippen molar-refractivity contribution in [1.82, 2.24) is 0 Å². The zero-order valence-electron chi connectivity index (χ0n) is 9.53. The summed E-state index contributed by atoms with van der Waals surface area (Å²) in [4.78, 5) is 8.98. The average molecular weight is 288 g/mol. The van der Waals surface area contributed by atoms with Crippen molar-refractivity contribution < 1.29 is 44.0 Å². The second-order valence-electron chi connectivity index (χ2n) is 4.06. The lowest BCUT2D eigenvalue weighted by molar-refractivity contribution is -0.208. The van der Waals surface area contributed by atoms with E-state index in [0.717, 1.165) is 7.11 Å². The summed E-state index contributed by atoms with van der Waals surface area (Å²) < 4.78 is 19.6. The maximum absolute atomic E-state index is 11.0. The monoisotopic (exact) mass is 288 g/mol. The second kappa shape index (κ2) is 5.91. The summed E-state index contributed by atoms with van der Waals surface area (Å²) in [5.74, 6) is -1.24. The van der Waals surface area contributed by atoms with Crippen LogP contribution in [0.3, 0.4) is 0 Å². The summed E-state index contributed by atoms with van der Waals surface area (Å²) in [7, 11) is -3.36. The molecule has 0 heterocycles. The highest BCUT2D eigenvalue weighted by atomic mass is 31.2. The molecule has 9 nitrogen and oxygen atoms in total. The van der Waals surface area contributed by atoms with E-state index in [2.05, 4.69) is 9.05 Å². The van der Waals surface area contributed by atoms with Gasteiger partial charge >= 0.3 is 7.82 Å². The Kier molecular flexibility index (Phi) is 5.24. The van der Waals surface area contributed by atoms with E-state index in [4.69, 9.17) is 4.89 Å². The van der Waals surface area contributed by atoms with Crippen molar-refractivity contribution in [1.29, 1.82) is 0 Å². The molecule has 0 saturated heterocycles. The summed E-state index contributed by atoms with van der Waals surface area (Å²) in [6.45, 7) is -0.634. The maximum Gasteiger partial charge on any atom is 0.471 e. The van der Waals surface area contributed by atoms with E-state index in [1.54, 1.807) is 0 Å². The second-order valence-corrected chi connectivity index (χ2v) is 5.62. The number of phosphoric ester groups is 1. The van der Waals surface area contributed by atoms with Crippen LogP contribution in [0, 0.1) is 5.92 Å². The molecule has 10 heteroatoms. The van der Waals surface area contributed by atoms with Crippen LogP contribution < -0.4 is 0 Å². The number of aliphatic hydroxyl groups excluding tert-OH is 5. The van der Waals surface area contributed by atoms with Gasteiger partial charge in [0.2, 0.25) is 0 Å². The molecule has 0 spiro atoms. The van der Waals surface area contributed by atoms with E-state index < -0.39 is 50.9 Å². The third kappa shape index (κ3) is 3.27. The largest absolute Gasteiger partial charge is 0.471 e. The Hall–Kier alpha value is -0.0900. The molecule has 5 unspecified atom stereocenters. The van der Waals surface area contributed by atoms with Crippen LogP contribution in [-0.4, -0.2) is 74.7 Å². The number of rotatable bonds is 4. The predicted molar refractivity (Wildman–Crippen MR) is 56.3 cm³/mol. The van der Waals surface area contributed by atoms with Crippen LogP contribution in [0.2, 0.25) is 0 Å². The SMILES string of the molecule is COP(=O)(O)OCC1C(O)C(O)C(O)C(O)C1O. The van der Waals surface area contributed by atoms with Gasteiger partial charge in [0.15, 0.2) is 0 Å². The zero-order chi connectivity index (χ0) is 14.1. The van der Waals surface area contributed by atoms with Crippen molar-refractivity contribution in [3.05, 3.63) is 0 Å². The van der Waals surface area contributed by atoms with Crippen LogP contribution in [-0.2, 0) is 13.6 Å². The lowest BCUT2D eigenvalue weighted by Gasteiger charge is -2.41. The van der Waals surface area contributed by atoms with Gasteiger partial charge in [-0.15, -0.1) is 0 Å². The minimum absolute atomic E-state index is 0.634. The third-order valence-electron chi connectivity index (χ3n) is 2.94. The Balaban J connectivity index is 2.72. The fourth-order valence-corrected chi connectivity index (χ4v) is 2.21. The van der Waals surface area contributed by atoms with E-state index in [1.807, 2.05) is 0 Å². The highest BCUT2D eigenvalue weighted by Gasteiger charge is 2.48. The van der Waals surface area contributed by atoms with Gasteiger partial charge < -0.3 is 30.4 Å². The lowest BCUT2D eigenvalue weighted by Crippen LogP contribution is -2.61. The van der Waals surface area contributed by atoms with Gasteiger partial charge in [0, 0.05) is 13.0 Å². The van der Waals surface area contributed by atoms with Crippen LogP contribution in [0.15, 0.2) is 0 Å². The standard InChI is InChI=1S/C8H17O9P/c1-16-18(14,15)17-2-3-4(9)6(11)8(13)7(12)5(3)10/h3-13H,2H2,1H3,(H,14,15). The summed E-state index contributed by atoms with van der Waals surface area (Å²) in [6.07, 6.45) is -8.34. The number of phosphoric acid groups is 1. The quantitative estimate of drug-likeness (QED) is 0.300. The molecule has 1 rings (SSSR count). The molecular formula is C8H17O9P. The summed E-state index contributed by atoms with van der Waals surface area (Å²) >= 11 is 0. The van der Waals surface area contributed by atoms with Gasteiger partial charge in [0.1, 0.15) is 18.3 Å². The van der Waals surface area contributed by atoms with Crippen LogP contribution in [0.25, 0.3) is 0 Å². The molecule has 108 valence electrons. The molecular weight excluding hydrogens is 271 g/mol. The molecule has 0 aliphatic heterocycles. The topological polar surface area (TPSA) is 157 Å². The van der Waals surface area contributed by atoms with Crippen LogP contribution in [0.4, 0.5) is 0 Å². The van der Waals surface area contributed by atoms with Gasteiger partial charge in [-0.05, 0) is 0 Å². The van der Waals surface area contributed by atoms with Crippen LogP contribution >= 0.6 is 7.82 Å². The molecule has 0 amide bonds. The summed E-state index contributed by atoms with van der Waals surface area (Å²) in [6, 6.07) is 0. The molecule has 0 radical (unpaired) electrons. The zero-order valence-corrected chi connectivity index (χ0v) is 10.4. The van der Waals surface area contributed by atoms with Gasteiger partial charge in [-0.25, -0.2) is 4.57 Å². The van der Waals surface area contributed by atoms with Gasteiger partial charge in [-0.2, -0.15) is 0 Å². The van der Waals surface area contributed by atoms with Crippen molar-refractivity contribution in [3.63, 3.8) is 0 Å². The minimum atomic E-state index is -4.30. The fraction of sp³-hybridized carbons (Fsp3) is 1.00. The molecule has 5 atom stereocenters. The van der Waals surface area contributed by atoms with Crippen molar-refractivity contribution in [2.75, 3.05) is 13.7 Å². The first-order valence-corrected chi connectivity index (χ1v) is 6.64. The highest BCUT2D eigenvalue weighted by Crippen LogP contribution is 2.43. The van der Waals surface area contributed by atoms with Gasteiger partial charge in [0.05, 0.1) is 18.8 Å². The van der Waals surface area contributed by atoms with Crippen molar-refractivity contribution in [2.45, 2.75) is 30.5 Å². The molecule has 1 fully saturated rings.